The van der Waals surface area contributed by atoms with Gasteiger partial charge in [0.05, 0.1) is 5.56 Å². The summed E-state index contributed by atoms with van der Waals surface area (Å²) in [5.74, 6) is -0.961. The van der Waals surface area contributed by atoms with Crippen molar-refractivity contribution in [2.75, 3.05) is 6.54 Å². The average Bonchev–Trinajstić information content (AvgIpc) is 2.54. The standard InChI is InChI=1S/C18H23NO3/c20-17(19-13-12-14-6-2-1-3-7-14)11-10-15-8-4-5-9-16(15)18(21)22/h4-6,8-9H,1-3,7,10-13H2,(H,19,20)(H,21,22). The summed E-state index contributed by atoms with van der Waals surface area (Å²) >= 11 is 0. The lowest BCUT2D eigenvalue weighted by atomic mass is 9.97. The first kappa shape index (κ1) is 16.3. The number of nitrogens with one attached hydrogen (secondary N) is 1. The van der Waals surface area contributed by atoms with E-state index in [0.717, 1.165) is 19.3 Å². The van der Waals surface area contributed by atoms with E-state index in [4.69, 9.17) is 5.11 Å². The molecule has 4 nitrogen and oxygen atoms in total. The summed E-state index contributed by atoms with van der Waals surface area (Å²) in [5.41, 5.74) is 2.44. The number of aryl methyl sites for hydroxylation is 1. The van der Waals surface area contributed by atoms with Gasteiger partial charge in [0.25, 0.3) is 0 Å². The lowest BCUT2D eigenvalue weighted by Crippen LogP contribution is -2.25. The molecule has 0 radical (unpaired) electrons. The van der Waals surface area contributed by atoms with Crippen LogP contribution in [0.4, 0.5) is 0 Å². The molecule has 1 aliphatic rings. The maximum Gasteiger partial charge on any atom is 0.335 e. The van der Waals surface area contributed by atoms with Gasteiger partial charge in [0.1, 0.15) is 0 Å². The number of carboxylic acid groups (broad SMARTS) is 1. The van der Waals surface area contributed by atoms with Gasteiger partial charge in [0.15, 0.2) is 0 Å². The SMILES string of the molecule is O=C(CCc1ccccc1C(=O)O)NCCC1=CCCCC1. The summed E-state index contributed by atoms with van der Waals surface area (Å²) < 4.78 is 0. The fourth-order valence-corrected chi connectivity index (χ4v) is 2.78. The van der Waals surface area contributed by atoms with Crippen LogP contribution in [0.5, 0.6) is 0 Å². The third-order valence-corrected chi connectivity index (χ3v) is 4.02. The van der Waals surface area contributed by atoms with Crippen molar-refractivity contribution in [2.24, 2.45) is 0 Å². The first-order valence-corrected chi connectivity index (χ1v) is 7.92. The van der Waals surface area contributed by atoms with Crippen LogP contribution in [0, 0.1) is 0 Å². The van der Waals surface area contributed by atoms with E-state index in [1.54, 1.807) is 24.3 Å². The fraction of sp³-hybridized carbons (Fsp3) is 0.444. The van der Waals surface area contributed by atoms with Crippen LogP contribution in [0.25, 0.3) is 0 Å². The molecule has 2 N–H and O–H groups in total. The molecule has 0 atom stereocenters. The van der Waals surface area contributed by atoms with Crippen LogP contribution in [0.1, 0.15) is 54.4 Å². The highest BCUT2D eigenvalue weighted by Crippen LogP contribution is 2.19. The van der Waals surface area contributed by atoms with Gasteiger partial charge in [-0.05, 0) is 50.2 Å². The molecule has 0 aromatic heterocycles. The molecule has 0 fully saturated rings. The molecule has 0 aliphatic heterocycles. The Hall–Kier alpha value is -2.10. The summed E-state index contributed by atoms with van der Waals surface area (Å²) in [7, 11) is 0. The Morgan fingerprint density at radius 3 is 2.68 bits per heavy atom. The van der Waals surface area contributed by atoms with E-state index in [9.17, 15) is 9.59 Å². The van der Waals surface area contributed by atoms with Gasteiger partial charge in [0, 0.05) is 13.0 Å². The third kappa shape index (κ3) is 5.02. The lowest BCUT2D eigenvalue weighted by Gasteiger charge is -2.13. The van der Waals surface area contributed by atoms with Crippen molar-refractivity contribution < 1.29 is 14.7 Å². The zero-order valence-electron chi connectivity index (χ0n) is 12.8. The van der Waals surface area contributed by atoms with E-state index >= 15 is 0 Å². The molecule has 0 unspecified atom stereocenters. The van der Waals surface area contributed by atoms with Crippen molar-refractivity contribution >= 4 is 11.9 Å². The minimum atomic E-state index is -0.944. The average molecular weight is 301 g/mol. The molecule has 4 heteroatoms. The zero-order chi connectivity index (χ0) is 15.8. The molecule has 0 spiro atoms. The summed E-state index contributed by atoms with van der Waals surface area (Å²) in [6, 6.07) is 6.84. The zero-order valence-corrected chi connectivity index (χ0v) is 12.8. The number of aromatic carboxylic acids is 1. The van der Waals surface area contributed by atoms with E-state index < -0.39 is 5.97 Å². The van der Waals surface area contributed by atoms with Crippen molar-refractivity contribution in [3.8, 4) is 0 Å². The van der Waals surface area contributed by atoms with Crippen molar-refractivity contribution in [3.05, 3.63) is 47.0 Å². The fourth-order valence-electron chi connectivity index (χ4n) is 2.78. The molecule has 0 heterocycles. The number of carbonyl (C=O) groups excluding carboxylic acids is 1. The number of carbonyl (C=O) groups is 2. The Kier molecular flexibility index (Phi) is 6.19. The first-order chi connectivity index (χ1) is 10.7. The summed E-state index contributed by atoms with van der Waals surface area (Å²) in [6.45, 7) is 0.672. The number of rotatable bonds is 7. The monoisotopic (exact) mass is 301 g/mol. The Balaban J connectivity index is 1.74. The third-order valence-electron chi connectivity index (χ3n) is 4.02. The lowest BCUT2D eigenvalue weighted by molar-refractivity contribution is -0.121. The van der Waals surface area contributed by atoms with E-state index in [-0.39, 0.29) is 11.5 Å². The summed E-state index contributed by atoms with van der Waals surface area (Å²) in [4.78, 5) is 23.0. The van der Waals surface area contributed by atoms with Gasteiger partial charge < -0.3 is 10.4 Å². The minimum absolute atomic E-state index is 0.0170. The molecule has 118 valence electrons. The van der Waals surface area contributed by atoms with Gasteiger partial charge in [-0.25, -0.2) is 4.79 Å². The number of amides is 1. The van der Waals surface area contributed by atoms with E-state index in [2.05, 4.69) is 11.4 Å². The Labute approximate surface area is 131 Å². The summed E-state index contributed by atoms with van der Waals surface area (Å²) in [6.07, 6.45) is 8.85. The van der Waals surface area contributed by atoms with Gasteiger partial charge in [-0.2, -0.15) is 0 Å². The quantitative estimate of drug-likeness (QED) is 0.759. The molecule has 1 aliphatic carbocycles. The largest absolute Gasteiger partial charge is 0.478 e. The molecule has 2 rings (SSSR count). The number of hydrogen-bond acceptors (Lipinski definition) is 2. The number of carboxylic acids is 1. The van der Waals surface area contributed by atoms with Crippen molar-refractivity contribution in [2.45, 2.75) is 44.9 Å². The molecule has 0 saturated heterocycles. The molecular weight excluding hydrogens is 278 g/mol. The van der Waals surface area contributed by atoms with Crippen LogP contribution in [0.2, 0.25) is 0 Å². The highest BCUT2D eigenvalue weighted by Gasteiger charge is 2.10. The van der Waals surface area contributed by atoms with Gasteiger partial charge in [-0.1, -0.05) is 29.8 Å². The Bertz CT molecular complexity index is 563. The van der Waals surface area contributed by atoms with Crippen LogP contribution in [0.15, 0.2) is 35.9 Å². The Morgan fingerprint density at radius 1 is 1.14 bits per heavy atom. The van der Waals surface area contributed by atoms with Crippen LogP contribution < -0.4 is 5.32 Å². The second-order valence-corrected chi connectivity index (χ2v) is 5.67. The topological polar surface area (TPSA) is 66.4 Å². The molecule has 0 bridgehead atoms. The highest BCUT2D eigenvalue weighted by molar-refractivity contribution is 5.89. The van der Waals surface area contributed by atoms with Crippen molar-refractivity contribution in [3.63, 3.8) is 0 Å². The van der Waals surface area contributed by atoms with Gasteiger partial charge in [-0.15, -0.1) is 0 Å². The van der Waals surface area contributed by atoms with Gasteiger partial charge >= 0.3 is 5.97 Å². The van der Waals surface area contributed by atoms with Crippen LogP contribution in [-0.2, 0) is 11.2 Å². The molecular formula is C18H23NO3. The maximum atomic E-state index is 11.9. The highest BCUT2D eigenvalue weighted by atomic mass is 16.4. The van der Waals surface area contributed by atoms with E-state index in [1.807, 2.05) is 0 Å². The van der Waals surface area contributed by atoms with Gasteiger partial charge in [-0.3, -0.25) is 4.79 Å². The molecule has 1 amide bonds. The minimum Gasteiger partial charge on any atom is -0.478 e. The second-order valence-electron chi connectivity index (χ2n) is 5.67. The molecule has 1 aromatic rings. The van der Waals surface area contributed by atoms with Gasteiger partial charge in [0.2, 0.25) is 5.91 Å². The Morgan fingerprint density at radius 2 is 1.95 bits per heavy atom. The molecule has 0 saturated carbocycles. The number of hydrogen-bond donors (Lipinski definition) is 2. The summed E-state index contributed by atoms with van der Waals surface area (Å²) in [5, 5.41) is 12.0. The first-order valence-electron chi connectivity index (χ1n) is 7.92. The predicted octanol–water partition coefficient (Wildman–Crippen LogP) is 3.32. The number of allylic oxidation sites excluding steroid dienone is 1. The smallest absolute Gasteiger partial charge is 0.335 e. The van der Waals surface area contributed by atoms with E-state index in [1.165, 1.54) is 18.4 Å². The van der Waals surface area contributed by atoms with E-state index in [0.29, 0.717) is 24.9 Å². The van der Waals surface area contributed by atoms with Crippen LogP contribution in [-0.4, -0.2) is 23.5 Å². The normalized spacial score (nSPS) is 14.3. The van der Waals surface area contributed by atoms with Crippen molar-refractivity contribution in [1.82, 2.24) is 5.32 Å². The maximum absolute atomic E-state index is 11.9. The second kappa shape index (κ2) is 8.37. The van der Waals surface area contributed by atoms with Crippen LogP contribution in [0.3, 0.4) is 0 Å². The van der Waals surface area contributed by atoms with Crippen LogP contribution >= 0.6 is 0 Å². The molecule has 1 aromatic carbocycles. The molecule has 22 heavy (non-hydrogen) atoms. The number of benzene rings is 1. The predicted molar refractivity (Wildman–Crippen MR) is 85.9 cm³/mol. The van der Waals surface area contributed by atoms with Crippen molar-refractivity contribution in [1.29, 1.82) is 0 Å².